The van der Waals surface area contributed by atoms with Crippen LogP contribution < -0.4 is 4.68 Å². The molecule has 0 aliphatic heterocycles. The number of hydrogen-bond acceptors (Lipinski definition) is 1. The van der Waals surface area contributed by atoms with Crippen LogP contribution in [0, 0.1) is 6.92 Å². The standard InChI is InChI=1S/C17H20N3/c1-12(2)15-9-13(3)17(10-18-15)20-11-14-7-5-6-8-16(14)19(20)4/h5-12H,1-4H3/q+1. The second kappa shape index (κ2) is 4.75. The van der Waals surface area contributed by atoms with Crippen molar-refractivity contribution in [3.8, 4) is 5.69 Å². The summed E-state index contributed by atoms with van der Waals surface area (Å²) < 4.78 is 4.32. The molecule has 0 unspecified atom stereocenters. The van der Waals surface area contributed by atoms with Gasteiger partial charge in [0.05, 0.1) is 17.8 Å². The Morgan fingerprint density at radius 3 is 2.60 bits per heavy atom. The van der Waals surface area contributed by atoms with Gasteiger partial charge in [-0.15, -0.1) is 9.36 Å². The van der Waals surface area contributed by atoms with E-state index in [1.807, 2.05) is 6.20 Å². The molecule has 3 nitrogen and oxygen atoms in total. The molecule has 3 aromatic rings. The smallest absolute Gasteiger partial charge is 0.238 e. The Hall–Kier alpha value is -2.16. The van der Waals surface area contributed by atoms with E-state index in [2.05, 4.69) is 78.7 Å². The molecule has 102 valence electrons. The molecule has 0 saturated heterocycles. The minimum Gasteiger partial charge on any atom is -0.259 e. The Kier molecular flexibility index (Phi) is 3.05. The largest absolute Gasteiger partial charge is 0.259 e. The molecule has 0 aliphatic carbocycles. The third-order valence-electron chi connectivity index (χ3n) is 3.81. The fourth-order valence-electron chi connectivity index (χ4n) is 2.58. The number of nitrogens with zero attached hydrogens (tertiary/aromatic N) is 3. The fourth-order valence-corrected chi connectivity index (χ4v) is 2.58. The first-order valence-corrected chi connectivity index (χ1v) is 7.01. The highest BCUT2D eigenvalue weighted by Gasteiger charge is 2.16. The third-order valence-corrected chi connectivity index (χ3v) is 3.81. The van der Waals surface area contributed by atoms with Crippen molar-refractivity contribution in [3.63, 3.8) is 0 Å². The van der Waals surface area contributed by atoms with Gasteiger partial charge in [-0.2, -0.15) is 0 Å². The minimum absolute atomic E-state index is 0.459. The van der Waals surface area contributed by atoms with Crippen molar-refractivity contribution in [1.29, 1.82) is 0 Å². The number of benzene rings is 1. The van der Waals surface area contributed by atoms with E-state index in [4.69, 9.17) is 0 Å². The Morgan fingerprint density at radius 2 is 1.95 bits per heavy atom. The number of rotatable bonds is 2. The Labute approximate surface area is 119 Å². The van der Waals surface area contributed by atoms with Crippen LogP contribution in [0.3, 0.4) is 0 Å². The Morgan fingerprint density at radius 1 is 1.20 bits per heavy atom. The number of pyridine rings is 1. The van der Waals surface area contributed by atoms with Gasteiger partial charge in [0.25, 0.3) is 0 Å². The summed E-state index contributed by atoms with van der Waals surface area (Å²) in [6, 6.07) is 10.6. The number of hydrogen-bond donors (Lipinski definition) is 0. The maximum Gasteiger partial charge on any atom is 0.238 e. The van der Waals surface area contributed by atoms with Crippen LogP contribution in [0.1, 0.15) is 31.0 Å². The first kappa shape index (κ1) is 12.9. The maximum atomic E-state index is 4.59. The van der Waals surface area contributed by atoms with Crippen molar-refractivity contribution in [2.75, 3.05) is 0 Å². The van der Waals surface area contributed by atoms with Crippen LogP contribution in [-0.4, -0.2) is 9.67 Å². The van der Waals surface area contributed by atoms with E-state index in [9.17, 15) is 0 Å². The van der Waals surface area contributed by atoms with Gasteiger partial charge in [0.1, 0.15) is 5.69 Å². The molecule has 0 saturated carbocycles. The summed E-state index contributed by atoms with van der Waals surface area (Å²) >= 11 is 0. The molecule has 0 radical (unpaired) electrons. The van der Waals surface area contributed by atoms with Crippen molar-refractivity contribution in [2.45, 2.75) is 26.7 Å². The average Bonchev–Trinajstić information content (AvgIpc) is 2.76. The van der Waals surface area contributed by atoms with Gasteiger partial charge < -0.3 is 0 Å². The molecule has 20 heavy (non-hydrogen) atoms. The molecule has 0 aliphatic rings. The van der Waals surface area contributed by atoms with E-state index in [1.165, 1.54) is 16.5 Å². The Bertz CT molecular complexity index is 769. The van der Waals surface area contributed by atoms with E-state index < -0.39 is 0 Å². The van der Waals surface area contributed by atoms with Gasteiger partial charge in [-0.25, -0.2) is 0 Å². The van der Waals surface area contributed by atoms with E-state index >= 15 is 0 Å². The molecule has 2 aromatic heterocycles. The molecule has 0 bridgehead atoms. The van der Waals surface area contributed by atoms with Crippen LogP contribution in [-0.2, 0) is 7.05 Å². The zero-order valence-electron chi connectivity index (χ0n) is 12.5. The zero-order chi connectivity index (χ0) is 14.3. The van der Waals surface area contributed by atoms with Gasteiger partial charge in [0, 0.05) is 11.8 Å². The van der Waals surface area contributed by atoms with Crippen molar-refractivity contribution in [3.05, 3.63) is 54.0 Å². The molecule has 3 heteroatoms. The fraction of sp³-hybridized carbons (Fsp3) is 0.294. The molecule has 0 atom stereocenters. The van der Waals surface area contributed by atoms with Crippen molar-refractivity contribution in [2.24, 2.45) is 7.05 Å². The van der Waals surface area contributed by atoms with Crippen LogP contribution in [0.2, 0.25) is 0 Å². The monoisotopic (exact) mass is 266 g/mol. The first-order valence-electron chi connectivity index (χ1n) is 7.01. The van der Waals surface area contributed by atoms with Gasteiger partial charge in [0.2, 0.25) is 5.52 Å². The predicted octanol–water partition coefficient (Wildman–Crippen LogP) is 3.28. The highest BCUT2D eigenvalue weighted by molar-refractivity contribution is 5.75. The molecule has 0 fully saturated rings. The lowest BCUT2D eigenvalue weighted by atomic mass is 10.1. The van der Waals surface area contributed by atoms with Crippen molar-refractivity contribution < 1.29 is 4.68 Å². The molecular weight excluding hydrogens is 246 g/mol. The first-order chi connectivity index (χ1) is 9.58. The third kappa shape index (κ3) is 1.99. The SMILES string of the molecule is Cc1cc(C(C)C)ncc1-n1cc2ccccc2[n+]1C. The minimum atomic E-state index is 0.459. The number of aryl methyl sites for hydroxylation is 2. The van der Waals surface area contributed by atoms with Crippen LogP contribution in [0.15, 0.2) is 42.7 Å². The second-order valence-corrected chi connectivity index (χ2v) is 5.61. The van der Waals surface area contributed by atoms with E-state index in [0.29, 0.717) is 5.92 Å². The summed E-state index contributed by atoms with van der Waals surface area (Å²) in [4.78, 5) is 4.59. The maximum absolute atomic E-state index is 4.59. The predicted molar refractivity (Wildman–Crippen MR) is 81.1 cm³/mol. The van der Waals surface area contributed by atoms with Gasteiger partial charge in [-0.05, 0) is 30.5 Å². The average molecular weight is 266 g/mol. The van der Waals surface area contributed by atoms with Gasteiger partial charge in [-0.3, -0.25) is 4.98 Å². The highest BCUT2D eigenvalue weighted by Crippen LogP contribution is 2.19. The number of para-hydroxylation sites is 1. The summed E-state index contributed by atoms with van der Waals surface area (Å²) in [7, 11) is 2.08. The van der Waals surface area contributed by atoms with Gasteiger partial charge in [0.15, 0.2) is 7.05 Å². The van der Waals surface area contributed by atoms with E-state index in [0.717, 1.165) is 11.4 Å². The molecule has 0 N–H and O–H groups in total. The second-order valence-electron chi connectivity index (χ2n) is 5.61. The number of fused-ring (bicyclic) bond motifs is 1. The summed E-state index contributed by atoms with van der Waals surface area (Å²) in [6.45, 7) is 6.49. The summed E-state index contributed by atoms with van der Waals surface area (Å²) in [6.07, 6.45) is 4.14. The van der Waals surface area contributed by atoms with Crippen LogP contribution in [0.4, 0.5) is 0 Å². The Balaban J connectivity index is 2.18. The highest BCUT2D eigenvalue weighted by atomic mass is 15.4. The lowest BCUT2D eigenvalue weighted by molar-refractivity contribution is -0.720. The molecular formula is C17H20N3+. The lowest BCUT2D eigenvalue weighted by Crippen LogP contribution is -2.38. The molecule has 2 heterocycles. The van der Waals surface area contributed by atoms with Gasteiger partial charge in [-0.1, -0.05) is 26.0 Å². The van der Waals surface area contributed by atoms with Crippen LogP contribution in [0.25, 0.3) is 16.6 Å². The normalized spacial score (nSPS) is 11.4. The molecule has 0 spiro atoms. The topological polar surface area (TPSA) is 21.7 Å². The summed E-state index contributed by atoms with van der Waals surface area (Å²) in [5.74, 6) is 0.459. The molecule has 1 aromatic carbocycles. The zero-order valence-corrected chi connectivity index (χ0v) is 12.5. The lowest BCUT2D eigenvalue weighted by Gasteiger charge is -2.09. The van der Waals surface area contributed by atoms with E-state index in [1.54, 1.807) is 0 Å². The van der Waals surface area contributed by atoms with Crippen molar-refractivity contribution >= 4 is 10.9 Å². The summed E-state index contributed by atoms with van der Waals surface area (Å²) in [5.41, 5.74) is 4.75. The molecule has 0 amide bonds. The van der Waals surface area contributed by atoms with Crippen LogP contribution in [0.5, 0.6) is 0 Å². The molecule has 3 rings (SSSR count). The quantitative estimate of drug-likeness (QED) is 0.652. The van der Waals surface area contributed by atoms with Gasteiger partial charge >= 0.3 is 0 Å². The van der Waals surface area contributed by atoms with Crippen LogP contribution >= 0.6 is 0 Å². The van der Waals surface area contributed by atoms with Crippen molar-refractivity contribution in [1.82, 2.24) is 9.67 Å². The van der Waals surface area contributed by atoms with E-state index in [-0.39, 0.29) is 0 Å². The number of aromatic nitrogens is 3. The summed E-state index contributed by atoms with van der Waals surface area (Å²) in [5, 5.41) is 1.24.